The minimum atomic E-state index is -0.269. The molecule has 0 atom stereocenters. The van der Waals surface area contributed by atoms with Gasteiger partial charge in [-0.3, -0.25) is 9.59 Å². The summed E-state index contributed by atoms with van der Waals surface area (Å²) in [5, 5.41) is 2.80. The highest BCUT2D eigenvalue weighted by molar-refractivity contribution is 9.10. The first-order valence-corrected chi connectivity index (χ1v) is 9.43. The van der Waals surface area contributed by atoms with E-state index in [1.807, 2.05) is 23.1 Å². The van der Waals surface area contributed by atoms with Crippen molar-refractivity contribution in [3.8, 4) is 0 Å². The highest BCUT2D eigenvalue weighted by Gasteiger charge is 2.23. The summed E-state index contributed by atoms with van der Waals surface area (Å²) in [5.41, 5.74) is 1.15. The molecule has 1 N–H and O–H groups in total. The van der Waals surface area contributed by atoms with Crippen LogP contribution in [0.4, 0.5) is 11.5 Å². The Labute approximate surface area is 166 Å². The van der Waals surface area contributed by atoms with Crippen LogP contribution in [0.2, 0.25) is 0 Å². The van der Waals surface area contributed by atoms with Gasteiger partial charge in [-0.15, -0.1) is 0 Å². The van der Waals surface area contributed by atoms with Crippen molar-refractivity contribution in [3.05, 3.63) is 52.6 Å². The molecular weight excluding hydrogens is 412 g/mol. The van der Waals surface area contributed by atoms with E-state index >= 15 is 0 Å². The van der Waals surface area contributed by atoms with Crippen LogP contribution in [-0.2, 0) is 9.53 Å². The Morgan fingerprint density at radius 2 is 1.96 bits per heavy atom. The summed E-state index contributed by atoms with van der Waals surface area (Å²) in [4.78, 5) is 33.0. The lowest BCUT2D eigenvalue weighted by Crippen LogP contribution is -2.40. The number of carbonyl (C=O) groups excluding carboxylic acids is 2. The number of ether oxygens (including phenoxy) is 1. The number of morpholine rings is 1. The van der Waals surface area contributed by atoms with E-state index < -0.39 is 0 Å². The van der Waals surface area contributed by atoms with Gasteiger partial charge in [0.05, 0.1) is 31.0 Å². The van der Waals surface area contributed by atoms with Gasteiger partial charge in [-0.25, -0.2) is 4.98 Å². The van der Waals surface area contributed by atoms with Gasteiger partial charge in [0.2, 0.25) is 5.91 Å². The number of likely N-dealkylation sites (N-methyl/N-ethyl adjacent to an activating group) is 1. The van der Waals surface area contributed by atoms with Crippen molar-refractivity contribution in [2.24, 2.45) is 0 Å². The van der Waals surface area contributed by atoms with Crippen molar-refractivity contribution < 1.29 is 14.3 Å². The maximum Gasteiger partial charge on any atom is 0.257 e. The molecule has 0 spiro atoms. The SMILES string of the molecule is CN(CC(=O)Nc1ccccc1Br)C(=O)c1cccnc1N1CCOCC1. The van der Waals surface area contributed by atoms with Gasteiger partial charge in [-0.2, -0.15) is 0 Å². The molecule has 2 heterocycles. The monoisotopic (exact) mass is 432 g/mol. The lowest BCUT2D eigenvalue weighted by molar-refractivity contribution is -0.116. The zero-order valence-corrected chi connectivity index (χ0v) is 16.6. The van der Waals surface area contributed by atoms with Crippen molar-refractivity contribution in [2.75, 3.05) is 50.1 Å². The van der Waals surface area contributed by atoms with E-state index in [0.29, 0.717) is 43.4 Å². The third kappa shape index (κ3) is 4.84. The molecule has 1 aliphatic rings. The lowest BCUT2D eigenvalue weighted by Gasteiger charge is -2.29. The highest BCUT2D eigenvalue weighted by Crippen LogP contribution is 2.22. The van der Waals surface area contributed by atoms with Crippen LogP contribution in [-0.4, -0.2) is 61.6 Å². The van der Waals surface area contributed by atoms with Crippen LogP contribution in [0, 0.1) is 0 Å². The van der Waals surface area contributed by atoms with E-state index in [4.69, 9.17) is 4.74 Å². The second-order valence-electron chi connectivity index (χ2n) is 6.16. The van der Waals surface area contributed by atoms with Crippen molar-refractivity contribution in [1.82, 2.24) is 9.88 Å². The van der Waals surface area contributed by atoms with Gasteiger partial charge in [-0.05, 0) is 40.2 Å². The number of rotatable bonds is 5. The van der Waals surface area contributed by atoms with Gasteiger partial charge in [0, 0.05) is 30.8 Å². The molecule has 0 bridgehead atoms. The van der Waals surface area contributed by atoms with Gasteiger partial charge < -0.3 is 19.9 Å². The number of halogens is 1. The predicted octanol–water partition coefficient (Wildman–Crippen LogP) is 2.39. The molecule has 1 aromatic carbocycles. The van der Waals surface area contributed by atoms with Crippen LogP contribution in [0.1, 0.15) is 10.4 Å². The Kier molecular flexibility index (Phi) is 6.41. The van der Waals surface area contributed by atoms with Crippen LogP contribution in [0.3, 0.4) is 0 Å². The Bertz CT molecular complexity index is 824. The number of nitrogens with one attached hydrogen (secondary N) is 1. The Balaban J connectivity index is 1.68. The third-order valence-corrected chi connectivity index (χ3v) is 4.89. The molecule has 8 heteroatoms. The fourth-order valence-electron chi connectivity index (χ4n) is 2.84. The number of hydrogen-bond acceptors (Lipinski definition) is 5. The second kappa shape index (κ2) is 8.96. The summed E-state index contributed by atoms with van der Waals surface area (Å²) in [6, 6.07) is 10.8. The molecule has 1 fully saturated rings. The van der Waals surface area contributed by atoms with Crippen LogP contribution in [0.25, 0.3) is 0 Å². The maximum atomic E-state index is 12.9. The second-order valence-corrected chi connectivity index (χ2v) is 7.02. The van der Waals surface area contributed by atoms with Crippen molar-refractivity contribution in [3.63, 3.8) is 0 Å². The van der Waals surface area contributed by atoms with Gasteiger partial charge in [0.15, 0.2) is 0 Å². The number of nitrogens with zero attached hydrogens (tertiary/aromatic N) is 3. The minimum Gasteiger partial charge on any atom is -0.378 e. The first kappa shape index (κ1) is 19.3. The number of aromatic nitrogens is 1. The summed E-state index contributed by atoms with van der Waals surface area (Å²) in [6.45, 7) is 2.52. The average molecular weight is 433 g/mol. The molecule has 0 aliphatic carbocycles. The number of amides is 2. The summed E-state index contributed by atoms with van der Waals surface area (Å²) < 4.78 is 6.15. The smallest absolute Gasteiger partial charge is 0.257 e. The average Bonchev–Trinajstić information content (AvgIpc) is 2.70. The topological polar surface area (TPSA) is 74.8 Å². The fourth-order valence-corrected chi connectivity index (χ4v) is 3.22. The lowest BCUT2D eigenvalue weighted by atomic mass is 10.2. The molecule has 1 saturated heterocycles. The Morgan fingerprint density at radius 1 is 1.22 bits per heavy atom. The standard InChI is InChI=1S/C19H21BrN4O3/c1-23(13-17(25)22-16-7-3-2-6-15(16)20)19(26)14-5-4-8-21-18(14)24-9-11-27-12-10-24/h2-8H,9-13H2,1H3,(H,22,25). The maximum absolute atomic E-state index is 12.9. The molecule has 7 nitrogen and oxygen atoms in total. The number of pyridine rings is 1. The van der Waals surface area contributed by atoms with E-state index in [1.54, 1.807) is 31.4 Å². The van der Waals surface area contributed by atoms with Crippen LogP contribution in [0.15, 0.2) is 47.1 Å². The zero-order valence-electron chi connectivity index (χ0n) is 15.0. The van der Waals surface area contributed by atoms with Crippen LogP contribution >= 0.6 is 15.9 Å². The van der Waals surface area contributed by atoms with E-state index in [0.717, 1.165) is 4.47 Å². The van der Waals surface area contributed by atoms with E-state index in [9.17, 15) is 9.59 Å². The predicted molar refractivity (Wildman–Crippen MR) is 107 cm³/mol. The molecule has 0 unspecified atom stereocenters. The largest absolute Gasteiger partial charge is 0.378 e. The minimum absolute atomic E-state index is 0.0579. The molecule has 0 saturated carbocycles. The van der Waals surface area contributed by atoms with Gasteiger partial charge in [0.1, 0.15) is 5.82 Å². The summed E-state index contributed by atoms with van der Waals surface area (Å²) >= 11 is 3.39. The number of hydrogen-bond donors (Lipinski definition) is 1. The summed E-state index contributed by atoms with van der Waals surface area (Å²) in [7, 11) is 1.61. The van der Waals surface area contributed by atoms with E-state index in [-0.39, 0.29) is 18.4 Å². The van der Waals surface area contributed by atoms with Crippen molar-refractivity contribution in [1.29, 1.82) is 0 Å². The quantitative estimate of drug-likeness (QED) is 0.784. The van der Waals surface area contributed by atoms with Gasteiger partial charge in [-0.1, -0.05) is 12.1 Å². The fraction of sp³-hybridized carbons (Fsp3) is 0.316. The van der Waals surface area contributed by atoms with Gasteiger partial charge in [0.25, 0.3) is 5.91 Å². The van der Waals surface area contributed by atoms with Gasteiger partial charge >= 0.3 is 0 Å². The number of benzene rings is 1. The molecule has 0 radical (unpaired) electrons. The zero-order chi connectivity index (χ0) is 19.2. The molecule has 1 aromatic heterocycles. The first-order valence-electron chi connectivity index (χ1n) is 8.64. The highest BCUT2D eigenvalue weighted by atomic mass is 79.9. The normalized spacial score (nSPS) is 13.9. The van der Waals surface area contributed by atoms with Crippen molar-refractivity contribution >= 4 is 39.2 Å². The molecule has 2 aromatic rings. The van der Waals surface area contributed by atoms with E-state index in [1.165, 1.54) is 4.90 Å². The summed E-state index contributed by atoms with van der Waals surface area (Å²) in [6.07, 6.45) is 1.67. The molecule has 142 valence electrons. The molecule has 1 aliphatic heterocycles. The third-order valence-electron chi connectivity index (χ3n) is 4.20. The number of carbonyl (C=O) groups is 2. The number of para-hydroxylation sites is 1. The molecule has 27 heavy (non-hydrogen) atoms. The Morgan fingerprint density at radius 3 is 2.70 bits per heavy atom. The van der Waals surface area contributed by atoms with Crippen molar-refractivity contribution in [2.45, 2.75) is 0 Å². The number of anilines is 2. The molecule has 3 rings (SSSR count). The Hall–Kier alpha value is -2.45. The molecular formula is C19H21BrN4O3. The molecule has 2 amide bonds. The van der Waals surface area contributed by atoms with E-state index in [2.05, 4.69) is 26.2 Å². The summed E-state index contributed by atoms with van der Waals surface area (Å²) in [5.74, 6) is 0.116. The van der Waals surface area contributed by atoms with Crippen LogP contribution < -0.4 is 10.2 Å². The first-order chi connectivity index (χ1) is 13.1. The van der Waals surface area contributed by atoms with Crippen LogP contribution in [0.5, 0.6) is 0 Å².